The van der Waals surface area contributed by atoms with Crippen LogP contribution in [0.3, 0.4) is 0 Å². The molecule has 0 aliphatic rings. The molecule has 0 radical (unpaired) electrons. The number of aromatic hydroxyl groups is 1. The molecule has 1 aromatic carbocycles. The van der Waals surface area contributed by atoms with Crippen LogP contribution in [-0.4, -0.2) is 10.1 Å². The highest BCUT2D eigenvalue weighted by Gasteiger charge is 2.01. The quantitative estimate of drug-likeness (QED) is 0.655. The molecule has 2 rings (SSSR count). The molecule has 0 atom stereocenters. The summed E-state index contributed by atoms with van der Waals surface area (Å²) in [6, 6.07) is 4.76. The Balaban J connectivity index is 0.000000720. The van der Waals surface area contributed by atoms with Crippen molar-refractivity contribution in [3.05, 3.63) is 18.2 Å². The highest BCUT2D eigenvalue weighted by atomic mass is 35.5. The fourth-order valence-electron chi connectivity index (χ4n) is 0.931. The molecule has 0 saturated carbocycles. The van der Waals surface area contributed by atoms with E-state index in [2.05, 4.69) is 4.98 Å². The third-order valence-corrected chi connectivity index (χ3v) is 1.39. The molecule has 3 N–H and O–H groups in total. The number of nitrogens with two attached hydrogens (primary N) is 1. The van der Waals surface area contributed by atoms with Crippen LogP contribution in [0.25, 0.3) is 11.1 Å². The number of anilines is 1. The topological polar surface area (TPSA) is 72.3 Å². The van der Waals surface area contributed by atoms with E-state index < -0.39 is 0 Å². The van der Waals surface area contributed by atoms with Crippen LogP contribution in [0.5, 0.6) is 5.75 Å². The molecular formula is C7H7ClN2O2. The first kappa shape index (κ1) is 8.67. The fraction of sp³-hybridized carbons (Fsp3) is 0. The summed E-state index contributed by atoms with van der Waals surface area (Å²) >= 11 is 0. The van der Waals surface area contributed by atoms with E-state index in [0.29, 0.717) is 11.1 Å². The molecule has 0 bridgehead atoms. The Morgan fingerprint density at radius 1 is 1.42 bits per heavy atom. The molecule has 12 heavy (non-hydrogen) atoms. The van der Waals surface area contributed by atoms with Crippen molar-refractivity contribution in [3.63, 3.8) is 0 Å². The number of fused-ring (bicyclic) bond motifs is 1. The largest absolute Gasteiger partial charge is 0.508 e. The number of phenolic OH excluding ortho intramolecular Hbond substituents is 1. The lowest BCUT2D eigenvalue weighted by molar-refractivity contribution is 0.474. The van der Waals surface area contributed by atoms with Crippen molar-refractivity contribution in [1.82, 2.24) is 4.98 Å². The lowest BCUT2D eigenvalue weighted by Crippen LogP contribution is -1.80. The molecule has 1 heterocycles. The molecule has 0 spiro atoms. The van der Waals surface area contributed by atoms with Gasteiger partial charge in [0.15, 0.2) is 5.58 Å². The van der Waals surface area contributed by atoms with Crippen molar-refractivity contribution < 1.29 is 9.52 Å². The number of nitrogens with zero attached hydrogens (tertiary/aromatic N) is 1. The van der Waals surface area contributed by atoms with Crippen molar-refractivity contribution in [2.45, 2.75) is 0 Å². The van der Waals surface area contributed by atoms with Gasteiger partial charge in [0.2, 0.25) is 0 Å². The number of rotatable bonds is 0. The SMILES string of the molecule is Cl.Nc1nc2ccc(O)cc2o1. The monoisotopic (exact) mass is 186 g/mol. The minimum Gasteiger partial charge on any atom is -0.508 e. The zero-order chi connectivity index (χ0) is 7.84. The molecule has 4 nitrogen and oxygen atoms in total. The molecule has 0 amide bonds. The predicted molar refractivity (Wildman–Crippen MR) is 47.3 cm³/mol. The van der Waals surface area contributed by atoms with E-state index in [4.69, 9.17) is 15.3 Å². The second-order valence-corrected chi connectivity index (χ2v) is 2.20. The zero-order valence-electron chi connectivity index (χ0n) is 6.02. The molecule has 64 valence electrons. The van der Waals surface area contributed by atoms with Gasteiger partial charge in [0.05, 0.1) is 0 Å². The van der Waals surface area contributed by atoms with Gasteiger partial charge in [-0.1, -0.05) is 0 Å². The van der Waals surface area contributed by atoms with Crippen molar-refractivity contribution in [3.8, 4) is 5.75 Å². The van der Waals surface area contributed by atoms with Crippen LogP contribution < -0.4 is 5.73 Å². The van der Waals surface area contributed by atoms with Crippen molar-refractivity contribution in [2.24, 2.45) is 0 Å². The standard InChI is InChI=1S/C7H6N2O2.ClH/c8-7-9-5-2-1-4(10)3-6(5)11-7;/h1-3,10H,(H2,8,9);1H. The van der Waals surface area contributed by atoms with Crippen molar-refractivity contribution in [2.75, 3.05) is 5.73 Å². The van der Waals surface area contributed by atoms with Crippen LogP contribution in [-0.2, 0) is 0 Å². The Bertz CT molecular complexity index is 399. The van der Waals surface area contributed by atoms with E-state index in [9.17, 15) is 0 Å². The average molecular weight is 187 g/mol. The summed E-state index contributed by atoms with van der Waals surface area (Å²) in [5, 5.41) is 9.01. The second-order valence-electron chi connectivity index (χ2n) is 2.20. The molecule has 1 aromatic heterocycles. The Labute approximate surface area is 74.4 Å². The number of hydrogen-bond donors (Lipinski definition) is 2. The van der Waals surface area contributed by atoms with Crippen LogP contribution in [0.2, 0.25) is 0 Å². The number of nitrogen functional groups attached to an aromatic ring is 1. The molecule has 2 aromatic rings. The van der Waals surface area contributed by atoms with Gasteiger partial charge in [0.25, 0.3) is 6.01 Å². The normalized spacial score (nSPS) is 9.67. The van der Waals surface area contributed by atoms with E-state index in [-0.39, 0.29) is 24.2 Å². The maximum Gasteiger partial charge on any atom is 0.292 e. The van der Waals surface area contributed by atoms with Crippen LogP contribution in [0.15, 0.2) is 22.6 Å². The molecule has 0 aliphatic carbocycles. The molecule has 5 heteroatoms. The summed E-state index contributed by atoms with van der Waals surface area (Å²) in [5.74, 6) is 0.147. The van der Waals surface area contributed by atoms with Gasteiger partial charge < -0.3 is 15.3 Å². The van der Waals surface area contributed by atoms with Crippen LogP contribution >= 0.6 is 12.4 Å². The van der Waals surface area contributed by atoms with Gasteiger partial charge in [-0.2, -0.15) is 4.98 Å². The average Bonchev–Trinajstić information content (AvgIpc) is 2.27. The van der Waals surface area contributed by atoms with Gasteiger partial charge >= 0.3 is 0 Å². The summed E-state index contributed by atoms with van der Waals surface area (Å²) in [5.41, 5.74) is 6.44. The van der Waals surface area contributed by atoms with E-state index in [1.54, 1.807) is 6.07 Å². The molecule has 0 unspecified atom stereocenters. The van der Waals surface area contributed by atoms with Gasteiger partial charge in [-0.3, -0.25) is 0 Å². The van der Waals surface area contributed by atoms with Gasteiger partial charge in [0.1, 0.15) is 11.3 Å². The van der Waals surface area contributed by atoms with Crippen LogP contribution in [0.4, 0.5) is 6.01 Å². The molecule has 0 fully saturated rings. The second kappa shape index (κ2) is 2.91. The number of hydrogen-bond acceptors (Lipinski definition) is 4. The number of oxazole rings is 1. The lowest BCUT2D eigenvalue weighted by Gasteiger charge is -1.86. The fourth-order valence-corrected chi connectivity index (χ4v) is 0.931. The predicted octanol–water partition coefficient (Wildman–Crippen LogP) is 1.54. The van der Waals surface area contributed by atoms with E-state index in [1.807, 2.05) is 0 Å². The Morgan fingerprint density at radius 2 is 2.17 bits per heavy atom. The third kappa shape index (κ3) is 1.29. The number of benzene rings is 1. The zero-order valence-corrected chi connectivity index (χ0v) is 6.84. The number of aromatic nitrogens is 1. The first-order chi connectivity index (χ1) is 5.25. The van der Waals surface area contributed by atoms with E-state index in [0.717, 1.165) is 0 Å². The highest BCUT2D eigenvalue weighted by Crippen LogP contribution is 2.20. The molecule has 0 aliphatic heterocycles. The Morgan fingerprint density at radius 3 is 2.92 bits per heavy atom. The first-order valence-electron chi connectivity index (χ1n) is 3.11. The van der Waals surface area contributed by atoms with Crippen molar-refractivity contribution in [1.29, 1.82) is 0 Å². The van der Waals surface area contributed by atoms with E-state index in [1.165, 1.54) is 12.1 Å². The van der Waals surface area contributed by atoms with Crippen molar-refractivity contribution >= 4 is 29.5 Å². The minimum atomic E-state index is 0. The summed E-state index contributed by atoms with van der Waals surface area (Å²) in [6.07, 6.45) is 0. The summed E-state index contributed by atoms with van der Waals surface area (Å²) in [6.45, 7) is 0. The third-order valence-electron chi connectivity index (χ3n) is 1.39. The Hall–Kier alpha value is -1.42. The van der Waals surface area contributed by atoms with Gasteiger partial charge in [-0.15, -0.1) is 12.4 Å². The van der Waals surface area contributed by atoms with E-state index >= 15 is 0 Å². The number of halogens is 1. The van der Waals surface area contributed by atoms with Crippen LogP contribution in [0.1, 0.15) is 0 Å². The highest BCUT2D eigenvalue weighted by molar-refractivity contribution is 5.85. The van der Waals surface area contributed by atoms with Gasteiger partial charge in [-0.25, -0.2) is 0 Å². The lowest BCUT2D eigenvalue weighted by atomic mass is 10.3. The minimum absolute atomic E-state index is 0. The maximum atomic E-state index is 9.01. The first-order valence-corrected chi connectivity index (χ1v) is 3.11. The summed E-state index contributed by atoms with van der Waals surface area (Å²) < 4.78 is 4.96. The number of phenols is 1. The van der Waals surface area contributed by atoms with Crippen LogP contribution in [0, 0.1) is 0 Å². The molecule has 0 saturated heterocycles. The summed E-state index contributed by atoms with van der Waals surface area (Å²) in [7, 11) is 0. The maximum absolute atomic E-state index is 9.01. The molecular weight excluding hydrogens is 180 g/mol. The van der Waals surface area contributed by atoms with Gasteiger partial charge in [0, 0.05) is 6.07 Å². The van der Waals surface area contributed by atoms with Gasteiger partial charge in [-0.05, 0) is 12.1 Å². The summed E-state index contributed by atoms with van der Waals surface area (Å²) in [4.78, 5) is 3.85. The Kier molecular flexibility index (Phi) is 2.10. The smallest absolute Gasteiger partial charge is 0.292 e.